The Morgan fingerprint density at radius 1 is 1.25 bits per heavy atom. The maximum Gasteiger partial charge on any atom is 0.184 e. The molecule has 1 aromatic rings. The summed E-state index contributed by atoms with van der Waals surface area (Å²) in [6.07, 6.45) is -1.25. The summed E-state index contributed by atoms with van der Waals surface area (Å²) in [4.78, 5) is 0. The van der Waals surface area contributed by atoms with Crippen LogP contribution in [0, 0.1) is 0 Å². The Balaban J connectivity index is 1.76. The molecule has 3 rings (SSSR count). The Morgan fingerprint density at radius 3 is 2.75 bits per heavy atom. The molecule has 1 N–H and O–H groups in total. The molecule has 108 valence electrons. The number of rotatable bonds is 2. The minimum Gasteiger partial charge on any atom is -0.411 e. The third-order valence-electron chi connectivity index (χ3n) is 3.51. The molecule has 6 heteroatoms. The lowest BCUT2D eigenvalue weighted by atomic mass is 10.0. The number of benzene rings is 1. The highest BCUT2D eigenvalue weighted by molar-refractivity contribution is 5.89. The van der Waals surface area contributed by atoms with Gasteiger partial charge >= 0.3 is 0 Å². The van der Waals surface area contributed by atoms with Crippen LogP contribution in [0.4, 0.5) is 0 Å². The molecule has 0 spiro atoms. The molecule has 6 nitrogen and oxygen atoms in total. The van der Waals surface area contributed by atoms with Gasteiger partial charge in [0.25, 0.3) is 0 Å². The molecule has 2 aliphatic rings. The zero-order valence-corrected chi connectivity index (χ0v) is 11.1. The maximum atomic E-state index is 9.16. The third-order valence-corrected chi connectivity index (χ3v) is 3.51. The van der Waals surface area contributed by atoms with Gasteiger partial charge in [-0.15, -0.1) is 0 Å². The first-order chi connectivity index (χ1) is 9.81. The van der Waals surface area contributed by atoms with Crippen molar-refractivity contribution in [3.8, 4) is 0 Å². The van der Waals surface area contributed by atoms with Gasteiger partial charge in [0.15, 0.2) is 12.6 Å². The summed E-state index contributed by atoms with van der Waals surface area (Å²) in [6.45, 7) is 0.364. The summed E-state index contributed by atoms with van der Waals surface area (Å²) in [5.74, 6) is 0. The average molecular weight is 279 g/mol. The second kappa shape index (κ2) is 5.88. The van der Waals surface area contributed by atoms with E-state index in [1.807, 2.05) is 30.3 Å². The van der Waals surface area contributed by atoms with E-state index in [1.54, 1.807) is 7.11 Å². The number of hydrogen-bond acceptors (Lipinski definition) is 6. The second-order valence-corrected chi connectivity index (χ2v) is 4.77. The highest BCUT2D eigenvalue weighted by atomic mass is 16.7. The van der Waals surface area contributed by atoms with E-state index >= 15 is 0 Å². The minimum absolute atomic E-state index is 0.320. The summed E-state index contributed by atoms with van der Waals surface area (Å²) >= 11 is 0. The van der Waals surface area contributed by atoms with Gasteiger partial charge in [-0.05, 0) is 0 Å². The molecule has 20 heavy (non-hydrogen) atoms. The predicted molar refractivity (Wildman–Crippen MR) is 69.5 cm³/mol. The van der Waals surface area contributed by atoms with Crippen LogP contribution in [0.2, 0.25) is 0 Å². The van der Waals surface area contributed by atoms with E-state index in [9.17, 15) is 0 Å². The van der Waals surface area contributed by atoms with E-state index < -0.39 is 18.7 Å². The smallest absolute Gasteiger partial charge is 0.184 e. The predicted octanol–water partition coefficient (Wildman–Crippen LogP) is 1.69. The molecule has 1 unspecified atom stereocenters. The van der Waals surface area contributed by atoms with E-state index in [0.717, 1.165) is 5.56 Å². The maximum absolute atomic E-state index is 9.16. The van der Waals surface area contributed by atoms with E-state index in [1.165, 1.54) is 0 Å². The monoisotopic (exact) mass is 279 g/mol. The van der Waals surface area contributed by atoms with Crippen molar-refractivity contribution < 1.29 is 24.2 Å². The summed E-state index contributed by atoms with van der Waals surface area (Å²) < 4.78 is 22.4. The standard InChI is InChI=1S/C14H17NO5/c1-17-12-7-10(15-16)13-11(19-12)8-18-14(20-13)9-5-3-2-4-6-9/h2-6,11-14,16H,7-8H2,1H3/b15-10-/t11-,12-,13-,14?/m0/s1. The fraction of sp³-hybridized carbons (Fsp3) is 0.500. The number of ether oxygens (including phenoxy) is 4. The molecule has 0 bridgehead atoms. The van der Waals surface area contributed by atoms with Crippen LogP contribution in [0.15, 0.2) is 35.5 Å². The van der Waals surface area contributed by atoms with Gasteiger partial charge in [0.1, 0.15) is 12.2 Å². The summed E-state index contributed by atoms with van der Waals surface area (Å²) in [7, 11) is 1.55. The third kappa shape index (κ3) is 2.55. The van der Waals surface area contributed by atoms with Crippen LogP contribution in [-0.4, -0.2) is 43.1 Å². The van der Waals surface area contributed by atoms with Crippen LogP contribution in [0.25, 0.3) is 0 Å². The van der Waals surface area contributed by atoms with Gasteiger partial charge in [0, 0.05) is 19.1 Å². The molecule has 0 aromatic heterocycles. The molecule has 2 fully saturated rings. The molecular formula is C14H17NO5. The van der Waals surface area contributed by atoms with E-state index in [2.05, 4.69) is 5.16 Å². The molecule has 1 aromatic carbocycles. The SMILES string of the molecule is CO[C@@H]1C/C(=N/O)[C@@H]2OC(c3ccccc3)OC[C@@H]2O1. The number of methoxy groups -OCH3 is 1. The molecule has 2 heterocycles. The zero-order valence-electron chi connectivity index (χ0n) is 11.1. The zero-order chi connectivity index (χ0) is 13.9. The largest absolute Gasteiger partial charge is 0.411 e. The van der Waals surface area contributed by atoms with Crippen molar-refractivity contribution in [1.29, 1.82) is 0 Å². The lowest BCUT2D eigenvalue weighted by Crippen LogP contribution is -2.53. The van der Waals surface area contributed by atoms with Crippen LogP contribution in [-0.2, 0) is 18.9 Å². The lowest BCUT2D eigenvalue weighted by Gasteiger charge is -2.41. The topological polar surface area (TPSA) is 69.5 Å². The fourth-order valence-electron chi connectivity index (χ4n) is 2.49. The van der Waals surface area contributed by atoms with Crippen molar-refractivity contribution in [1.82, 2.24) is 0 Å². The molecule has 0 amide bonds. The highest BCUT2D eigenvalue weighted by Crippen LogP contribution is 2.32. The van der Waals surface area contributed by atoms with Crippen LogP contribution in [0.1, 0.15) is 18.3 Å². The lowest BCUT2D eigenvalue weighted by molar-refractivity contribution is -0.286. The first-order valence-corrected chi connectivity index (χ1v) is 6.53. The van der Waals surface area contributed by atoms with Crippen LogP contribution < -0.4 is 0 Å². The number of hydrogen-bond donors (Lipinski definition) is 1. The molecule has 0 saturated carbocycles. The number of nitrogens with zero attached hydrogens (tertiary/aromatic N) is 1. The molecule has 0 radical (unpaired) electrons. The molecule has 4 atom stereocenters. The molecular weight excluding hydrogens is 262 g/mol. The van der Waals surface area contributed by atoms with Crippen molar-refractivity contribution >= 4 is 5.71 Å². The Labute approximate surface area is 116 Å². The van der Waals surface area contributed by atoms with E-state index in [-0.39, 0.29) is 6.10 Å². The Bertz CT molecular complexity index is 478. The number of fused-ring (bicyclic) bond motifs is 1. The van der Waals surface area contributed by atoms with Crippen LogP contribution >= 0.6 is 0 Å². The van der Waals surface area contributed by atoms with Crippen molar-refractivity contribution in [2.75, 3.05) is 13.7 Å². The molecule has 0 aliphatic carbocycles. The quantitative estimate of drug-likeness (QED) is 0.659. The Morgan fingerprint density at radius 2 is 2.05 bits per heavy atom. The first kappa shape index (κ1) is 13.5. The fourth-order valence-corrected chi connectivity index (χ4v) is 2.49. The normalized spacial score (nSPS) is 35.8. The van der Waals surface area contributed by atoms with Crippen molar-refractivity contribution in [2.24, 2.45) is 5.16 Å². The van der Waals surface area contributed by atoms with Gasteiger partial charge in [-0.3, -0.25) is 0 Å². The van der Waals surface area contributed by atoms with Gasteiger partial charge in [0.05, 0.1) is 12.3 Å². The van der Waals surface area contributed by atoms with E-state index in [4.69, 9.17) is 24.2 Å². The summed E-state index contributed by atoms with van der Waals surface area (Å²) in [6, 6.07) is 9.65. The first-order valence-electron chi connectivity index (χ1n) is 6.53. The molecule has 2 saturated heterocycles. The van der Waals surface area contributed by atoms with Crippen LogP contribution in [0.3, 0.4) is 0 Å². The summed E-state index contributed by atoms with van der Waals surface area (Å²) in [5.41, 5.74) is 1.45. The molecule has 2 aliphatic heterocycles. The Hall–Kier alpha value is -1.47. The van der Waals surface area contributed by atoms with E-state index in [0.29, 0.717) is 18.7 Å². The van der Waals surface area contributed by atoms with Gasteiger partial charge < -0.3 is 24.2 Å². The van der Waals surface area contributed by atoms with Crippen molar-refractivity contribution in [3.05, 3.63) is 35.9 Å². The van der Waals surface area contributed by atoms with Gasteiger partial charge in [-0.25, -0.2) is 0 Å². The number of oxime groups is 1. The Kier molecular flexibility index (Phi) is 3.98. The second-order valence-electron chi connectivity index (χ2n) is 4.77. The van der Waals surface area contributed by atoms with Crippen molar-refractivity contribution in [3.63, 3.8) is 0 Å². The van der Waals surface area contributed by atoms with Gasteiger partial charge in [-0.2, -0.15) is 0 Å². The van der Waals surface area contributed by atoms with Crippen LogP contribution in [0.5, 0.6) is 0 Å². The van der Waals surface area contributed by atoms with Gasteiger partial charge in [-0.1, -0.05) is 35.5 Å². The average Bonchev–Trinajstić information content (AvgIpc) is 2.54. The minimum atomic E-state index is -0.475. The van der Waals surface area contributed by atoms with Crippen molar-refractivity contribution in [2.45, 2.75) is 31.2 Å². The summed E-state index contributed by atoms with van der Waals surface area (Å²) in [5, 5.41) is 12.5. The highest BCUT2D eigenvalue weighted by Gasteiger charge is 2.42. The van der Waals surface area contributed by atoms with Gasteiger partial charge in [0.2, 0.25) is 0 Å².